The molecule has 1 fully saturated rings. The lowest BCUT2D eigenvalue weighted by atomic mass is 10.2. The average molecular weight is 507 g/mol. The highest BCUT2D eigenvalue weighted by Gasteiger charge is 2.35. The van der Waals surface area contributed by atoms with Crippen LogP contribution in [0, 0.1) is 20.8 Å². The normalized spacial score (nSPS) is 14.7. The summed E-state index contributed by atoms with van der Waals surface area (Å²) in [6.07, 6.45) is 1.65. The van der Waals surface area contributed by atoms with Crippen molar-refractivity contribution in [2.75, 3.05) is 11.9 Å². The zero-order valence-electron chi connectivity index (χ0n) is 18.5. The molecule has 2 aromatic carbocycles. The van der Waals surface area contributed by atoms with Crippen molar-refractivity contribution in [1.29, 1.82) is 0 Å². The van der Waals surface area contributed by atoms with Crippen molar-refractivity contribution in [3.05, 3.63) is 87.3 Å². The number of nitrogens with zero attached hydrogens (tertiary/aromatic N) is 2. The fourth-order valence-electron chi connectivity index (χ4n) is 3.86. The molecule has 7 nitrogen and oxygen atoms in total. The summed E-state index contributed by atoms with van der Waals surface area (Å²) >= 11 is 3.45. The van der Waals surface area contributed by atoms with Crippen LogP contribution in [-0.4, -0.2) is 33.9 Å². The fourth-order valence-corrected chi connectivity index (χ4v) is 4.12. The molecule has 33 heavy (non-hydrogen) atoms. The molecule has 0 saturated carbocycles. The van der Waals surface area contributed by atoms with Gasteiger partial charge in [-0.15, -0.1) is 0 Å². The molecule has 1 aromatic heterocycles. The molecule has 0 aliphatic carbocycles. The number of imide groups is 1. The first-order chi connectivity index (χ1) is 15.7. The molecule has 1 saturated heterocycles. The average Bonchev–Trinajstić information content (AvgIpc) is 3.18. The number of halogens is 1. The van der Waals surface area contributed by atoms with E-state index < -0.39 is 17.8 Å². The monoisotopic (exact) mass is 506 g/mol. The summed E-state index contributed by atoms with van der Waals surface area (Å²) in [7, 11) is 0. The molecule has 4 rings (SSSR count). The Morgan fingerprint density at radius 2 is 1.79 bits per heavy atom. The van der Waals surface area contributed by atoms with E-state index >= 15 is 0 Å². The zero-order valence-corrected chi connectivity index (χ0v) is 20.1. The molecule has 2 N–H and O–H groups in total. The molecule has 0 bridgehead atoms. The largest absolute Gasteiger partial charge is 0.329 e. The fraction of sp³-hybridized carbons (Fsp3) is 0.160. The predicted molar refractivity (Wildman–Crippen MR) is 131 cm³/mol. The Bertz CT molecular complexity index is 1290. The predicted octanol–water partition coefficient (Wildman–Crippen LogP) is 4.70. The lowest BCUT2D eigenvalue weighted by molar-refractivity contribution is -0.127. The number of aryl methyl sites for hydroxylation is 2. The van der Waals surface area contributed by atoms with Gasteiger partial charge in [0.2, 0.25) is 5.91 Å². The molecule has 0 atom stereocenters. The third-order valence-electron chi connectivity index (χ3n) is 5.42. The molecule has 1 aliphatic rings. The van der Waals surface area contributed by atoms with Crippen molar-refractivity contribution in [3.63, 3.8) is 0 Å². The third-order valence-corrected chi connectivity index (χ3v) is 5.95. The van der Waals surface area contributed by atoms with E-state index in [1.165, 1.54) is 0 Å². The van der Waals surface area contributed by atoms with Gasteiger partial charge in [0.05, 0.1) is 0 Å². The molecule has 0 unspecified atom stereocenters. The number of nitrogens with one attached hydrogen (secondary N) is 2. The highest BCUT2D eigenvalue weighted by atomic mass is 79.9. The van der Waals surface area contributed by atoms with Crippen LogP contribution in [-0.2, 0) is 9.59 Å². The minimum Gasteiger partial charge on any atom is -0.325 e. The second kappa shape index (κ2) is 9.07. The number of amides is 4. The van der Waals surface area contributed by atoms with Crippen molar-refractivity contribution in [3.8, 4) is 5.69 Å². The standard InChI is InChI=1S/C25H23BrN4O3/c1-15-5-4-6-20(11-15)27-23(31)14-29-24(32)22(28-25(29)33)13-18-12-16(2)30(17(18)3)21-9-7-19(26)8-10-21/h4-13H,14H2,1-3H3,(H,27,31)(H,28,33)/b22-13-. The lowest BCUT2D eigenvalue weighted by Gasteiger charge is -2.12. The van der Waals surface area contributed by atoms with Crippen LogP contribution in [0.2, 0.25) is 0 Å². The Balaban J connectivity index is 1.53. The molecule has 0 spiro atoms. The van der Waals surface area contributed by atoms with Crippen molar-refractivity contribution in [1.82, 2.24) is 14.8 Å². The number of urea groups is 1. The second-order valence-corrected chi connectivity index (χ2v) is 8.85. The van der Waals surface area contributed by atoms with Crippen LogP contribution in [0.15, 0.2) is 64.8 Å². The summed E-state index contributed by atoms with van der Waals surface area (Å²) in [5.74, 6) is -0.980. The number of aromatic nitrogens is 1. The van der Waals surface area contributed by atoms with E-state index in [-0.39, 0.29) is 12.2 Å². The van der Waals surface area contributed by atoms with Gasteiger partial charge in [-0.05, 0) is 80.4 Å². The Morgan fingerprint density at radius 1 is 1.06 bits per heavy atom. The van der Waals surface area contributed by atoms with Crippen LogP contribution in [0.4, 0.5) is 10.5 Å². The van der Waals surface area contributed by atoms with Crippen LogP contribution in [0.3, 0.4) is 0 Å². The van der Waals surface area contributed by atoms with Gasteiger partial charge in [-0.1, -0.05) is 28.1 Å². The third kappa shape index (κ3) is 4.75. The van der Waals surface area contributed by atoms with Gasteiger partial charge >= 0.3 is 6.03 Å². The van der Waals surface area contributed by atoms with Gasteiger partial charge in [0.1, 0.15) is 12.2 Å². The summed E-state index contributed by atoms with van der Waals surface area (Å²) in [6, 6.07) is 16.6. The number of rotatable bonds is 5. The minimum atomic E-state index is -0.618. The molecule has 1 aliphatic heterocycles. The van der Waals surface area contributed by atoms with Crippen molar-refractivity contribution < 1.29 is 14.4 Å². The van der Waals surface area contributed by atoms with Crippen molar-refractivity contribution in [2.24, 2.45) is 0 Å². The summed E-state index contributed by atoms with van der Waals surface area (Å²) in [4.78, 5) is 38.6. The highest BCUT2D eigenvalue weighted by molar-refractivity contribution is 9.10. The minimum absolute atomic E-state index is 0.138. The van der Waals surface area contributed by atoms with E-state index in [1.807, 2.05) is 69.3 Å². The zero-order chi connectivity index (χ0) is 23.7. The quantitative estimate of drug-likeness (QED) is 0.388. The molecule has 168 valence electrons. The van der Waals surface area contributed by atoms with Crippen molar-refractivity contribution >= 4 is 45.5 Å². The van der Waals surface area contributed by atoms with Gasteiger partial charge in [-0.25, -0.2) is 9.69 Å². The molecular formula is C25H23BrN4O3. The first-order valence-corrected chi connectivity index (χ1v) is 11.2. The molecule has 3 aromatic rings. The molecule has 8 heteroatoms. The highest BCUT2D eigenvalue weighted by Crippen LogP contribution is 2.25. The number of hydrogen-bond acceptors (Lipinski definition) is 3. The number of carbonyl (C=O) groups excluding carboxylic acids is 3. The van der Waals surface area contributed by atoms with Gasteiger partial charge < -0.3 is 15.2 Å². The van der Waals surface area contributed by atoms with E-state index in [4.69, 9.17) is 0 Å². The summed E-state index contributed by atoms with van der Waals surface area (Å²) < 4.78 is 3.06. The molecule has 4 amide bonds. The maximum atomic E-state index is 12.9. The van der Waals surface area contributed by atoms with E-state index in [2.05, 4.69) is 31.1 Å². The van der Waals surface area contributed by atoms with E-state index in [0.29, 0.717) is 5.69 Å². The van der Waals surface area contributed by atoms with Gasteiger partial charge in [0.15, 0.2) is 0 Å². The molecule has 2 heterocycles. The lowest BCUT2D eigenvalue weighted by Crippen LogP contribution is -2.38. The van der Waals surface area contributed by atoms with Gasteiger partial charge in [0, 0.05) is 27.2 Å². The van der Waals surface area contributed by atoms with E-state index in [9.17, 15) is 14.4 Å². The van der Waals surface area contributed by atoms with Gasteiger partial charge in [0.25, 0.3) is 5.91 Å². The van der Waals surface area contributed by atoms with E-state index in [0.717, 1.165) is 37.6 Å². The van der Waals surface area contributed by atoms with Crippen LogP contribution >= 0.6 is 15.9 Å². The van der Waals surface area contributed by atoms with Gasteiger partial charge in [-0.2, -0.15) is 0 Å². The summed E-state index contributed by atoms with van der Waals surface area (Å²) in [5.41, 5.74) is 5.48. The maximum Gasteiger partial charge on any atom is 0.329 e. The molecular weight excluding hydrogens is 484 g/mol. The van der Waals surface area contributed by atoms with Gasteiger partial charge in [-0.3, -0.25) is 9.59 Å². The first kappa shape index (κ1) is 22.5. The van der Waals surface area contributed by atoms with Crippen LogP contribution in [0.5, 0.6) is 0 Å². The Morgan fingerprint density at radius 3 is 2.48 bits per heavy atom. The number of anilines is 1. The number of carbonyl (C=O) groups is 3. The maximum absolute atomic E-state index is 12.9. The Kier molecular flexibility index (Phi) is 6.20. The Labute approximate surface area is 200 Å². The van der Waals surface area contributed by atoms with Crippen LogP contribution in [0.1, 0.15) is 22.5 Å². The van der Waals surface area contributed by atoms with Crippen LogP contribution in [0.25, 0.3) is 11.8 Å². The summed E-state index contributed by atoms with van der Waals surface area (Å²) in [5, 5.41) is 5.31. The number of hydrogen-bond donors (Lipinski definition) is 2. The van der Waals surface area contributed by atoms with E-state index in [1.54, 1.807) is 12.1 Å². The van der Waals surface area contributed by atoms with Crippen LogP contribution < -0.4 is 10.6 Å². The SMILES string of the molecule is Cc1cccc(NC(=O)CN2C(=O)N/C(=C\c3cc(C)n(-c4ccc(Br)cc4)c3C)C2=O)c1. The second-order valence-electron chi connectivity index (χ2n) is 7.94. The Hall–Kier alpha value is -3.65. The number of benzene rings is 2. The molecule has 0 radical (unpaired) electrons. The smallest absolute Gasteiger partial charge is 0.325 e. The summed E-state index contributed by atoms with van der Waals surface area (Å²) in [6.45, 7) is 5.48. The first-order valence-electron chi connectivity index (χ1n) is 10.4. The topological polar surface area (TPSA) is 83.4 Å². The van der Waals surface area contributed by atoms with Crippen molar-refractivity contribution in [2.45, 2.75) is 20.8 Å².